The van der Waals surface area contributed by atoms with Crippen molar-refractivity contribution in [2.75, 3.05) is 0 Å². The lowest BCUT2D eigenvalue weighted by molar-refractivity contribution is 1.01. The van der Waals surface area contributed by atoms with E-state index in [0.717, 1.165) is 0 Å². The van der Waals surface area contributed by atoms with E-state index in [4.69, 9.17) is 0 Å². The molecule has 26 aromatic rings. The van der Waals surface area contributed by atoms with Crippen molar-refractivity contribution < 1.29 is 0 Å². The Morgan fingerprint density at radius 3 is 0.552 bits per heavy atom. The van der Waals surface area contributed by atoms with Gasteiger partial charge < -0.3 is 35.9 Å². The fourth-order valence-corrected chi connectivity index (χ4v) is 19.5. The molecule has 0 unspecified atom stereocenters. The van der Waals surface area contributed by atoms with Gasteiger partial charge >= 0.3 is 0 Å². The molecule has 8 nitrogen and oxygen atoms in total. The Kier molecular flexibility index (Phi) is 8.33. The average Bonchev–Trinajstić information content (AvgIpc) is 1.52. The first kappa shape index (κ1) is 49.2. The Morgan fingerprint density at radius 2 is 0.302 bits per heavy atom. The van der Waals surface area contributed by atoms with Crippen LogP contribution in [0.25, 0.3) is 240 Å². The van der Waals surface area contributed by atoms with Crippen LogP contribution in [0.1, 0.15) is 0 Å². The van der Waals surface area contributed by atoms with E-state index in [1.54, 1.807) is 0 Å². The molecule has 0 aliphatic rings. The van der Waals surface area contributed by atoms with Gasteiger partial charge in [0.25, 0.3) is 0 Å². The lowest BCUT2D eigenvalue weighted by Gasteiger charge is -2.03. The van der Waals surface area contributed by atoms with Crippen LogP contribution < -0.4 is 0 Å². The van der Waals surface area contributed by atoms with Crippen LogP contribution in [0.4, 0.5) is 0 Å². The van der Waals surface area contributed by atoms with Crippen molar-refractivity contribution in [3.8, 4) is 0 Å². The third-order valence-electron chi connectivity index (χ3n) is 23.6. The van der Waals surface area contributed by atoms with Gasteiger partial charge in [-0.15, -0.1) is 0 Å². The van der Waals surface area contributed by atoms with Crippen LogP contribution in [0.3, 0.4) is 0 Å². The Bertz CT molecular complexity index is 7640. The highest BCUT2D eigenvalue weighted by Gasteiger charge is 2.28. The molecule has 96 heavy (non-hydrogen) atoms. The number of para-hydroxylation sites is 8. The van der Waals surface area contributed by atoms with Gasteiger partial charge in [-0.1, -0.05) is 146 Å². The molecule has 0 amide bonds. The van der Waals surface area contributed by atoms with Gasteiger partial charge in [0.1, 0.15) is 0 Å². The second kappa shape index (κ2) is 16.3. The van der Waals surface area contributed by atoms with Crippen molar-refractivity contribution in [3.05, 3.63) is 243 Å². The molecule has 12 aromatic heterocycles. The second-order valence-corrected chi connectivity index (χ2v) is 27.8. The number of fused-ring (bicyclic) bond motifs is 36. The summed E-state index contributed by atoms with van der Waals surface area (Å²) in [5, 5.41) is 31.5. The molecule has 0 aliphatic carbocycles. The smallest absolute Gasteiger partial charge is 0.0620 e. The van der Waals surface area contributed by atoms with E-state index in [1.165, 1.54) is 240 Å². The standard InChI is InChI=1S/2C44H26N4/c1-45-35-15-5-3-9-23(35)29-19-39-31(17-37(29)45)25-11-7-13-27-33-22-42-34(21-41(33)47(39)43(25)27)28-14-8-12-26-32-18-38-30(20-40(32)48(42)44(26)28)24-10-4-6-16-36(24)46(38)2;1-45-35-15-5-3-9-23(35)29-17-31-25-11-7-13-27-33-20-40-34(19-39(33)47(43(25)27)41(31)21-37(29)45)28-14-8-12-26-32-18-30-24-10-4-6-16-36(24)46(2)38(30)22-42(32)48(40)44(26)28/h2*3-22H,1-2H3. The number of aryl methyl sites for hydroxylation is 4. The summed E-state index contributed by atoms with van der Waals surface area (Å²) in [4.78, 5) is 0. The van der Waals surface area contributed by atoms with Gasteiger partial charge in [-0.05, 0) is 97.1 Å². The zero-order valence-corrected chi connectivity index (χ0v) is 52.7. The van der Waals surface area contributed by atoms with Gasteiger partial charge in [-0.2, -0.15) is 0 Å². The minimum Gasteiger partial charge on any atom is -0.344 e. The van der Waals surface area contributed by atoms with Gasteiger partial charge in [-0.3, -0.25) is 0 Å². The minimum absolute atomic E-state index is 1.27. The highest BCUT2D eigenvalue weighted by molar-refractivity contribution is 6.34. The largest absolute Gasteiger partial charge is 0.344 e. The molecule has 8 heteroatoms. The summed E-state index contributed by atoms with van der Waals surface area (Å²) in [7, 11) is 8.77. The van der Waals surface area contributed by atoms with Crippen molar-refractivity contribution in [1.82, 2.24) is 35.9 Å². The van der Waals surface area contributed by atoms with Crippen molar-refractivity contribution >= 4 is 240 Å². The van der Waals surface area contributed by atoms with Gasteiger partial charge in [-0.25, -0.2) is 0 Å². The lowest BCUT2D eigenvalue weighted by Crippen LogP contribution is -1.88. The first-order valence-corrected chi connectivity index (χ1v) is 33.5. The molecular weight excluding hydrogens is 1170 g/mol. The van der Waals surface area contributed by atoms with Crippen LogP contribution in [0, 0.1) is 0 Å². The summed E-state index contributed by atoms with van der Waals surface area (Å²) in [6, 6.07) is 91.8. The summed E-state index contributed by atoms with van der Waals surface area (Å²) in [5.41, 5.74) is 25.7. The van der Waals surface area contributed by atoms with Crippen molar-refractivity contribution in [1.29, 1.82) is 0 Å². The maximum absolute atomic E-state index is 2.54. The lowest BCUT2D eigenvalue weighted by atomic mass is 10.0. The third kappa shape index (κ3) is 5.44. The molecule has 444 valence electrons. The van der Waals surface area contributed by atoms with E-state index in [1.807, 2.05) is 0 Å². The molecule has 0 radical (unpaired) electrons. The summed E-state index contributed by atoms with van der Waals surface area (Å²) in [6.45, 7) is 0. The van der Waals surface area contributed by atoms with E-state index in [-0.39, 0.29) is 0 Å². The summed E-state index contributed by atoms with van der Waals surface area (Å²) >= 11 is 0. The number of aromatic nitrogens is 8. The zero-order valence-electron chi connectivity index (χ0n) is 52.7. The van der Waals surface area contributed by atoms with Crippen molar-refractivity contribution in [2.45, 2.75) is 0 Å². The Labute approximate surface area is 543 Å². The van der Waals surface area contributed by atoms with Crippen LogP contribution in [-0.2, 0) is 28.2 Å². The Balaban J connectivity index is 0.000000115. The molecule has 26 rings (SSSR count). The fraction of sp³-hybridized carbons (Fsp3) is 0.0455. The Hall–Kier alpha value is -12.5. The molecular formula is C88H52N8. The summed E-state index contributed by atoms with van der Waals surface area (Å²) in [5.74, 6) is 0. The molecule has 0 spiro atoms. The predicted molar refractivity (Wildman–Crippen MR) is 407 cm³/mol. The molecule has 0 saturated heterocycles. The molecule has 0 atom stereocenters. The van der Waals surface area contributed by atoms with Crippen LogP contribution in [0.15, 0.2) is 243 Å². The average molecular weight is 1220 g/mol. The number of rotatable bonds is 0. The van der Waals surface area contributed by atoms with Gasteiger partial charge in [0, 0.05) is 191 Å². The SMILES string of the molecule is Cn1c2ccccc2c2cc3c(cc21)c1cccc2c4cc5c(cc4n3c12)c1cccc2c3cc4c(cc3n5c21)c1ccccc1n4C.Cn1c2ccccc2c2cc3c4cccc5c6cc7c(cc6n(c3cc21)c54)c1cccc2c3cc4c5ccccc5n(C)c4cc3n7c12. The van der Waals surface area contributed by atoms with Crippen LogP contribution in [0.5, 0.6) is 0 Å². The third-order valence-corrected chi connectivity index (χ3v) is 23.6. The van der Waals surface area contributed by atoms with Gasteiger partial charge in [0.15, 0.2) is 0 Å². The van der Waals surface area contributed by atoms with E-state index >= 15 is 0 Å². The van der Waals surface area contributed by atoms with Crippen LogP contribution >= 0.6 is 0 Å². The van der Waals surface area contributed by atoms with Crippen molar-refractivity contribution in [2.24, 2.45) is 28.2 Å². The molecule has 0 fully saturated rings. The molecule has 12 heterocycles. The van der Waals surface area contributed by atoms with E-state index in [0.29, 0.717) is 0 Å². The first-order chi connectivity index (χ1) is 47.3. The molecule has 0 N–H and O–H groups in total. The van der Waals surface area contributed by atoms with E-state index < -0.39 is 0 Å². The number of benzene rings is 14. The zero-order chi connectivity index (χ0) is 62.3. The summed E-state index contributed by atoms with van der Waals surface area (Å²) in [6.07, 6.45) is 0. The summed E-state index contributed by atoms with van der Waals surface area (Å²) < 4.78 is 19.5. The van der Waals surface area contributed by atoms with Crippen molar-refractivity contribution in [3.63, 3.8) is 0 Å². The number of hydrogen-bond acceptors (Lipinski definition) is 0. The topological polar surface area (TPSA) is 37.4 Å². The molecule has 0 saturated carbocycles. The normalized spacial score (nSPS) is 13.2. The molecule has 14 aromatic carbocycles. The molecule has 0 aliphatic heterocycles. The van der Waals surface area contributed by atoms with Gasteiger partial charge in [0.05, 0.1) is 77.2 Å². The number of nitrogens with zero attached hydrogens (tertiary/aromatic N) is 8. The monoisotopic (exact) mass is 1220 g/mol. The van der Waals surface area contributed by atoms with Gasteiger partial charge in [0.2, 0.25) is 0 Å². The predicted octanol–water partition coefficient (Wildman–Crippen LogP) is 22.6. The second-order valence-electron chi connectivity index (χ2n) is 27.8. The molecule has 0 bridgehead atoms. The van der Waals surface area contributed by atoms with E-state index in [9.17, 15) is 0 Å². The quantitative estimate of drug-likeness (QED) is 0.145. The number of hydrogen-bond donors (Lipinski definition) is 0. The first-order valence-electron chi connectivity index (χ1n) is 33.5. The van der Waals surface area contributed by atoms with Crippen LogP contribution in [-0.4, -0.2) is 35.9 Å². The Morgan fingerprint density at radius 1 is 0.135 bits per heavy atom. The maximum Gasteiger partial charge on any atom is 0.0620 e. The highest BCUT2D eigenvalue weighted by Crippen LogP contribution is 2.50. The van der Waals surface area contributed by atoms with Crippen LogP contribution in [0.2, 0.25) is 0 Å². The minimum atomic E-state index is 1.27. The highest BCUT2D eigenvalue weighted by atomic mass is 15.0. The fourth-order valence-electron chi connectivity index (χ4n) is 19.5. The maximum atomic E-state index is 2.54. The van der Waals surface area contributed by atoms with E-state index in [2.05, 4.69) is 307 Å².